The van der Waals surface area contributed by atoms with Gasteiger partial charge in [-0.05, 0) is 56.6 Å². The fourth-order valence-electron chi connectivity index (χ4n) is 6.37. The van der Waals surface area contributed by atoms with E-state index in [9.17, 15) is 9.59 Å². The molecule has 1 aliphatic carbocycles. The van der Waals surface area contributed by atoms with Gasteiger partial charge in [0.2, 0.25) is 5.91 Å². The van der Waals surface area contributed by atoms with Gasteiger partial charge in [-0.3, -0.25) is 9.59 Å². The lowest BCUT2D eigenvalue weighted by atomic mass is 9.87. The van der Waals surface area contributed by atoms with Crippen LogP contribution in [0.15, 0.2) is 12.1 Å². The number of anilines is 1. The monoisotopic (exact) mass is 610 g/mol. The van der Waals surface area contributed by atoms with E-state index in [1.54, 1.807) is 4.68 Å². The largest absolute Gasteiger partial charge is 0.357 e. The Kier molecular flexibility index (Phi) is 15.5. The van der Waals surface area contributed by atoms with Crippen LogP contribution in [0.1, 0.15) is 141 Å². The summed E-state index contributed by atoms with van der Waals surface area (Å²) in [5.74, 6) is 2.20. The number of carbonyl (C=O) groups excluding carboxylic acids is 2. The zero-order chi connectivity index (χ0) is 31.9. The molecule has 2 amide bonds. The lowest BCUT2D eigenvalue weighted by Crippen LogP contribution is -2.48. The lowest BCUT2D eigenvalue weighted by Gasteiger charge is -2.35. The van der Waals surface area contributed by atoms with Gasteiger partial charge in [0, 0.05) is 45.2 Å². The van der Waals surface area contributed by atoms with Crippen molar-refractivity contribution < 1.29 is 9.59 Å². The first-order valence-electron chi connectivity index (χ1n) is 17.9. The van der Waals surface area contributed by atoms with Crippen molar-refractivity contribution in [3.63, 3.8) is 0 Å². The summed E-state index contributed by atoms with van der Waals surface area (Å²) in [6.45, 7) is 14.5. The summed E-state index contributed by atoms with van der Waals surface area (Å²) in [4.78, 5) is 35.2. The molecular weight excluding hydrogens is 548 g/mol. The van der Waals surface area contributed by atoms with Crippen molar-refractivity contribution in [1.82, 2.24) is 25.0 Å². The van der Waals surface area contributed by atoms with Gasteiger partial charge in [0.25, 0.3) is 5.91 Å². The van der Waals surface area contributed by atoms with E-state index in [2.05, 4.69) is 49.9 Å². The van der Waals surface area contributed by atoms with E-state index in [1.807, 2.05) is 24.1 Å². The van der Waals surface area contributed by atoms with Crippen LogP contribution >= 0.6 is 0 Å². The summed E-state index contributed by atoms with van der Waals surface area (Å²) in [7, 11) is 1.85. The van der Waals surface area contributed by atoms with Gasteiger partial charge in [0.1, 0.15) is 5.82 Å². The third kappa shape index (κ3) is 11.1. The highest BCUT2D eigenvalue weighted by Crippen LogP contribution is 2.27. The summed E-state index contributed by atoms with van der Waals surface area (Å²) in [5.41, 5.74) is 1.19. The van der Waals surface area contributed by atoms with E-state index < -0.39 is 0 Å². The van der Waals surface area contributed by atoms with E-state index in [4.69, 9.17) is 4.98 Å². The van der Waals surface area contributed by atoms with Gasteiger partial charge >= 0.3 is 0 Å². The van der Waals surface area contributed by atoms with Crippen LogP contribution in [-0.2, 0) is 11.8 Å². The minimum Gasteiger partial charge on any atom is -0.357 e. The van der Waals surface area contributed by atoms with E-state index in [0.717, 1.165) is 74.6 Å². The molecule has 0 spiro atoms. The maximum Gasteiger partial charge on any atom is 0.272 e. The smallest absolute Gasteiger partial charge is 0.272 e. The molecule has 0 atom stereocenters. The molecule has 3 aliphatic rings. The molecule has 1 N–H and O–H groups in total. The second kappa shape index (κ2) is 19.0. The topological polar surface area (TPSA) is 83.4 Å². The van der Waals surface area contributed by atoms with E-state index in [1.165, 1.54) is 70.6 Å². The van der Waals surface area contributed by atoms with Gasteiger partial charge in [-0.1, -0.05) is 92.4 Å². The molecule has 5 rings (SSSR count). The molecular formula is C36H62N6O2. The molecule has 2 aromatic heterocycles. The minimum atomic E-state index is -0.146. The van der Waals surface area contributed by atoms with Crippen molar-refractivity contribution >= 4 is 28.7 Å². The molecule has 0 aromatic carbocycles. The average Bonchev–Trinajstić information content (AvgIpc) is 3.17. The number of hydrogen-bond acceptors (Lipinski definition) is 5. The highest BCUT2D eigenvalue weighted by molar-refractivity contribution is 6.04. The molecule has 8 nitrogen and oxygen atoms in total. The van der Waals surface area contributed by atoms with Gasteiger partial charge in [0.15, 0.2) is 11.3 Å². The second-order valence-electron chi connectivity index (χ2n) is 13.8. The minimum absolute atomic E-state index is 0.0734. The van der Waals surface area contributed by atoms with Gasteiger partial charge in [-0.2, -0.15) is 5.10 Å². The maximum atomic E-state index is 13.1. The summed E-state index contributed by atoms with van der Waals surface area (Å²) in [5, 5.41) is 8.49. The van der Waals surface area contributed by atoms with Crippen molar-refractivity contribution in [2.75, 3.05) is 31.1 Å². The van der Waals surface area contributed by atoms with E-state index in [0.29, 0.717) is 11.6 Å². The van der Waals surface area contributed by atoms with Crippen molar-refractivity contribution in [2.45, 2.75) is 137 Å². The number of piperidine rings is 1. The Morgan fingerprint density at radius 2 is 1.41 bits per heavy atom. The van der Waals surface area contributed by atoms with E-state index >= 15 is 0 Å². The van der Waals surface area contributed by atoms with Gasteiger partial charge in [-0.25, -0.2) is 9.67 Å². The zero-order valence-corrected chi connectivity index (χ0v) is 28.9. The number of carbonyl (C=O) groups is 2. The first-order chi connectivity index (χ1) is 21.2. The summed E-state index contributed by atoms with van der Waals surface area (Å²) in [6.07, 6.45) is 17.8. The number of aromatic nitrogens is 3. The highest BCUT2D eigenvalue weighted by Gasteiger charge is 2.30. The normalized spacial score (nSPS) is 18.2. The van der Waals surface area contributed by atoms with Gasteiger partial charge in [0.05, 0.1) is 5.39 Å². The molecule has 4 heterocycles. The number of hydrogen-bond donors (Lipinski definition) is 1. The third-order valence-electron chi connectivity index (χ3n) is 8.87. The lowest BCUT2D eigenvalue weighted by molar-refractivity contribution is -0.137. The molecule has 2 aromatic rings. The van der Waals surface area contributed by atoms with Crippen LogP contribution in [-0.4, -0.2) is 63.7 Å². The molecule has 1 saturated carbocycles. The number of aryl methyl sites for hydroxylation is 1. The molecule has 0 unspecified atom stereocenters. The first-order valence-corrected chi connectivity index (χ1v) is 17.9. The number of fused-ring (bicyclic) bond motifs is 1. The molecule has 2 aliphatic heterocycles. The molecule has 2 saturated heterocycles. The molecule has 0 bridgehead atoms. The van der Waals surface area contributed by atoms with Crippen LogP contribution in [0.4, 0.5) is 5.82 Å². The zero-order valence-electron chi connectivity index (χ0n) is 28.9. The van der Waals surface area contributed by atoms with Crippen molar-refractivity contribution in [1.29, 1.82) is 0 Å². The average molecular weight is 611 g/mol. The SMILES string of the molecule is CC(C)C.CCCCCC.Cn1nc(C(=O)NC2CCN(C(=O)C3CCCCC3)CC2)c2ccc(N3CCCCCC3)nc21. The molecule has 3 fully saturated rings. The van der Waals surface area contributed by atoms with Crippen LogP contribution < -0.4 is 10.2 Å². The predicted octanol–water partition coefficient (Wildman–Crippen LogP) is 7.90. The van der Waals surface area contributed by atoms with E-state index in [-0.39, 0.29) is 17.9 Å². The Morgan fingerprint density at radius 3 is 1.98 bits per heavy atom. The van der Waals surface area contributed by atoms with Crippen LogP contribution in [0.5, 0.6) is 0 Å². The first kappa shape index (κ1) is 35.8. The van der Waals surface area contributed by atoms with Crippen molar-refractivity contribution in [3.8, 4) is 0 Å². The fraction of sp³-hybridized carbons (Fsp3) is 0.778. The number of amides is 2. The van der Waals surface area contributed by atoms with Crippen LogP contribution in [0, 0.1) is 11.8 Å². The van der Waals surface area contributed by atoms with Crippen LogP contribution in [0.3, 0.4) is 0 Å². The standard InChI is InChI=1S/C26H38N6O2.C6H14.C4H10/c1-30-24-21(11-12-22(28-24)31-15-7-2-3-8-16-31)23(29-30)25(33)27-20-13-17-32(18-14-20)26(34)19-9-5-4-6-10-19;1-3-5-6-4-2;1-4(2)3/h11-12,19-20H,2-10,13-18H2,1H3,(H,27,33);3-6H2,1-2H3;4H,1-3H3. The summed E-state index contributed by atoms with van der Waals surface area (Å²) >= 11 is 0. The maximum absolute atomic E-state index is 13.1. The summed E-state index contributed by atoms with van der Waals surface area (Å²) in [6, 6.07) is 4.10. The van der Waals surface area contributed by atoms with Crippen LogP contribution in [0.2, 0.25) is 0 Å². The van der Waals surface area contributed by atoms with Gasteiger partial charge < -0.3 is 15.1 Å². The second-order valence-corrected chi connectivity index (χ2v) is 13.8. The van der Waals surface area contributed by atoms with Gasteiger partial charge in [-0.15, -0.1) is 0 Å². The molecule has 0 radical (unpaired) electrons. The number of rotatable bonds is 7. The Hall–Kier alpha value is -2.64. The number of unbranched alkanes of at least 4 members (excludes halogenated alkanes) is 3. The number of nitrogens with zero attached hydrogens (tertiary/aromatic N) is 5. The fourth-order valence-corrected chi connectivity index (χ4v) is 6.37. The Morgan fingerprint density at radius 1 is 0.841 bits per heavy atom. The summed E-state index contributed by atoms with van der Waals surface area (Å²) < 4.78 is 1.72. The number of pyridine rings is 1. The Balaban J connectivity index is 0.000000461. The number of likely N-dealkylation sites (tertiary alicyclic amines) is 1. The predicted molar refractivity (Wildman–Crippen MR) is 183 cm³/mol. The number of nitrogens with one attached hydrogen (secondary N) is 1. The third-order valence-corrected chi connectivity index (χ3v) is 8.87. The van der Waals surface area contributed by atoms with Crippen molar-refractivity contribution in [3.05, 3.63) is 17.8 Å². The van der Waals surface area contributed by atoms with Crippen molar-refractivity contribution in [2.24, 2.45) is 18.9 Å². The molecule has 8 heteroatoms. The quantitative estimate of drug-likeness (QED) is 0.322. The molecule has 44 heavy (non-hydrogen) atoms. The molecule has 248 valence electrons. The Bertz CT molecular complexity index is 1120. The Labute approximate surface area is 267 Å². The highest BCUT2D eigenvalue weighted by atomic mass is 16.2. The van der Waals surface area contributed by atoms with Crippen LogP contribution in [0.25, 0.3) is 11.0 Å².